The fourth-order valence-corrected chi connectivity index (χ4v) is 1.90. The minimum atomic E-state index is -3.15. The van der Waals surface area contributed by atoms with Gasteiger partial charge in [0.05, 0.1) is 8.49 Å². The first-order chi connectivity index (χ1) is 7.34. The van der Waals surface area contributed by atoms with Crippen LogP contribution in [0.5, 0.6) is 0 Å². The van der Waals surface area contributed by atoms with Crippen LogP contribution in [0.4, 0.5) is 14.5 Å². The monoisotopic (exact) mass is 362 g/mol. The summed E-state index contributed by atoms with van der Waals surface area (Å²) in [4.78, 5) is 23.5. The normalized spacial score (nSPS) is 10.6. The van der Waals surface area contributed by atoms with E-state index in [1.54, 1.807) is 22.6 Å². The molecule has 86 valence electrons. The van der Waals surface area contributed by atoms with Gasteiger partial charge in [0.15, 0.2) is 5.69 Å². The SMILES string of the molecule is O=C(Cl)c1nc(C(F)F)c([N+](=O)[O-])cc1I. The lowest BCUT2D eigenvalue weighted by Gasteiger charge is -2.04. The van der Waals surface area contributed by atoms with Gasteiger partial charge in [0, 0.05) is 6.07 Å². The standard InChI is InChI=1S/C7H2ClF2IN2O3/c8-6(14)4-2(11)1-3(13(15)16)5(12-4)7(9)10/h1,7H. The van der Waals surface area contributed by atoms with Gasteiger partial charge in [-0.25, -0.2) is 13.8 Å². The Kier molecular flexibility index (Phi) is 4.08. The van der Waals surface area contributed by atoms with Gasteiger partial charge in [-0.2, -0.15) is 0 Å². The topological polar surface area (TPSA) is 73.1 Å². The summed E-state index contributed by atoms with van der Waals surface area (Å²) in [6, 6.07) is 0.838. The second-order valence-corrected chi connectivity index (χ2v) is 4.06. The van der Waals surface area contributed by atoms with Crippen LogP contribution in [0.1, 0.15) is 22.6 Å². The molecule has 0 amide bonds. The van der Waals surface area contributed by atoms with Crippen LogP contribution in [0.25, 0.3) is 0 Å². The van der Waals surface area contributed by atoms with Gasteiger partial charge in [-0.15, -0.1) is 0 Å². The smallest absolute Gasteiger partial charge is 0.274 e. The highest BCUT2D eigenvalue weighted by Gasteiger charge is 2.27. The van der Waals surface area contributed by atoms with Crippen molar-refractivity contribution in [3.05, 3.63) is 31.1 Å². The van der Waals surface area contributed by atoms with Crippen molar-refractivity contribution in [3.63, 3.8) is 0 Å². The number of hydrogen-bond donors (Lipinski definition) is 0. The maximum atomic E-state index is 12.4. The van der Waals surface area contributed by atoms with E-state index in [1.807, 2.05) is 0 Å². The van der Waals surface area contributed by atoms with Crippen LogP contribution in [0.15, 0.2) is 6.07 Å². The van der Waals surface area contributed by atoms with Gasteiger partial charge in [-0.3, -0.25) is 14.9 Å². The number of halogens is 4. The summed E-state index contributed by atoms with van der Waals surface area (Å²) in [5.74, 6) is 0. The second-order valence-electron chi connectivity index (χ2n) is 2.55. The van der Waals surface area contributed by atoms with Crippen molar-refractivity contribution in [2.75, 3.05) is 0 Å². The number of alkyl halides is 2. The van der Waals surface area contributed by atoms with Crippen LogP contribution in [-0.4, -0.2) is 15.1 Å². The van der Waals surface area contributed by atoms with E-state index in [0.717, 1.165) is 6.07 Å². The van der Waals surface area contributed by atoms with Gasteiger partial charge in [0.2, 0.25) is 0 Å². The summed E-state index contributed by atoms with van der Waals surface area (Å²) in [7, 11) is 0. The first-order valence-corrected chi connectivity index (χ1v) is 5.13. The Morgan fingerprint density at radius 2 is 2.19 bits per heavy atom. The minimum absolute atomic E-state index is 0.0497. The Balaban J connectivity index is 3.49. The highest BCUT2D eigenvalue weighted by molar-refractivity contribution is 14.1. The molecule has 1 rings (SSSR count). The van der Waals surface area contributed by atoms with Gasteiger partial charge < -0.3 is 0 Å². The third-order valence-corrected chi connectivity index (χ3v) is 2.58. The molecule has 0 saturated carbocycles. The molecule has 9 heteroatoms. The van der Waals surface area contributed by atoms with E-state index in [-0.39, 0.29) is 3.57 Å². The first kappa shape index (κ1) is 13.2. The predicted octanol–water partition coefficient (Wildman–Crippen LogP) is 2.91. The van der Waals surface area contributed by atoms with Crippen molar-refractivity contribution in [2.24, 2.45) is 0 Å². The molecule has 5 nitrogen and oxygen atoms in total. The molecular weight excluding hydrogens is 360 g/mol. The third-order valence-electron chi connectivity index (χ3n) is 1.57. The number of nitrogens with zero attached hydrogens (tertiary/aromatic N) is 2. The van der Waals surface area contributed by atoms with Gasteiger partial charge in [0.1, 0.15) is 5.69 Å². The lowest BCUT2D eigenvalue weighted by Crippen LogP contribution is -2.06. The van der Waals surface area contributed by atoms with Gasteiger partial charge in [0.25, 0.3) is 17.4 Å². The summed E-state index contributed by atoms with van der Waals surface area (Å²) in [5.41, 5.74) is -2.31. The molecule has 0 bridgehead atoms. The Morgan fingerprint density at radius 3 is 2.56 bits per heavy atom. The molecule has 0 saturated heterocycles. The second kappa shape index (κ2) is 4.95. The molecule has 0 aliphatic heterocycles. The summed E-state index contributed by atoms with van der Waals surface area (Å²) in [6.45, 7) is 0. The average molecular weight is 362 g/mol. The van der Waals surface area contributed by atoms with E-state index in [0.29, 0.717) is 0 Å². The zero-order valence-corrected chi connectivity index (χ0v) is 10.2. The summed E-state index contributed by atoms with van der Waals surface area (Å²) in [6.07, 6.45) is -3.15. The molecule has 1 heterocycles. The number of hydrogen-bond acceptors (Lipinski definition) is 4. The van der Waals surface area contributed by atoms with Crippen LogP contribution in [0.2, 0.25) is 0 Å². The molecule has 0 spiro atoms. The summed E-state index contributed by atoms with van der Waals surface area (Å²) < 4.78 is 24.9. The fraction of sp³-hybridized carbons (Fsp3) is 0.143. The van der Waals surface area contributed by atoms with E-state index in [9.17, 15) is 23.7 Å². The Labute approximate surface area is 106 Å². The Morgan fingerprint density at radius 1 is 1.62 bits per heavy atom. The van der Waals surface area contributed by atoms with E-state index < -0.39 is 33.7 Å². The average Bonchev–Trinajstić information content (AvgIpc) is 2.15. The third kappa shape index (κ3) is 2.61. The number of pyridine rings is 1. The molecule has 0 radical (unpaired) electrons. The van der Waals surface area contributed by atoms with Crippen LogP contribution in [-0.2, 0) is 0 Å². The Bertz CT molecular complexity index is 469. The molecule has 16 heavy (non-hydrogen) atoms. The zero-order valence-electron chi connectivity index (χ0n) is 7.29. The van der Waals surface area contributed by atoms with Crippen molar-refractivity contribution in [2.45, 2.75) is 6.43 Å². The largest absolute Gasteiger partial charge is 0.297 e. The number of aromatic nitrogens is 1. The highest BCUT2D eigenvalue weighted by atomic mass is 127. The van der Waals surface area contributed by atoms with Crippen LogP contribution < -0.4 is 0 Å². The number of carbonyl (C=O) groups excluding carboxylic acids is 1. The van der Waals surface area contributed by atoms with Crippen molar-refractivity contribution in [3.8, 4) is 0 Å². The molecule has 0 aromatic carbocycles. The van der Waals surface area contributed by atoms with E-state index in [4.69, 9.17) is 11.6 Å². The number of carbonyl (C=O) groups is 1. The lowest BCUT2D eigenvalue weighted by molar-refractivity contribution is -0.386. The van der Waals surface area contributed by atoms with Crippen molar-refractivity contribution < 1.29 is 18.5 Å². The van der Waals surface area contributed by atoms with Gasteiger partial charge in [-0.1, -0.05) is 0 Å². The quantitative estimate of drug-likeness (QED) is 0.359. The van der Waals surface area contributed by atoms with E-state index >= 15 is 0 Å². The highest BCUT2D eigenvalue weighted by Crippen LogP contribution is 2.30. The minimum Gasteiger partial charge on any atom is -0.274 e. The van der Waals surface area contributed by atoms with Crippen molar-refractivity contribution >= 4 is 45.1 Å². The maximum Gasteiger partial charge on any atom is 0.297 e. The predicted molar refractivity (Wildman–Crippen MR) is 58.7 cm³/mol. The van der Waals surface area contributed by atoms with Crippen molar-refractivity contribution in [1.29, 1.82) is 0 Å². The van der Waals surface area contributed by atoms with Gasteiger partial charge >= 0.3 is 0 Å². The molecule has 0 aliphatic rings. The zero-order chi connectivity index (χ0) is 12.5. The fourth-order valence-electron chi connectivity index (χ4n) is 0.938. The summed E-state index contributed by atoms with van der Waals surface area (Å²) >= 11 is 6.65. The van der Waals surface area contributed by atoms with E-state index in [2.05, 4.69) is 4.98 Å². The molecule has 0 aliphatic carbocycles. The summed E-state index contributed by atoms with van der Waals surface area (Å²) in [5, 5.41) is 9.43. The molecule has 0 N–H and O–H groups in total. The molecule has 0 atom stereocenters. The molecule has 1 aromatic heterocycles. The Hall–Kier alpha value is -0.900. The number of nitro groups is 1. The molecule has 0 unspecified atom stereocenters. The van der Waals surface area contributed by atoms with Crippen LogP contribution in [0.3, 0.4) is 0 Å². The first-order valence-electron chi connectivity index (χ1n) is 3.67. The molecular formula is C7H2ClF2IN2O3. The molecule has 1 aromatic rings. The van der Waals surface area contributed by atoms with E-state index in [1.165, 1.54) is 0 Å². The van der Waals surface area contributed by atoms with Crippen LogP contribution in [0, 0.1) is 13.7 Å². The maximum absolute atomic E-state index is 12.4. The van der Waals surface area contributed by atoms with Gasteiger partial charge in [-0.05, 0) is 34.2 Å². The van der Waals surface area contributed by atoms with Crippen LogP contribution >= 0.6 is 34.2 Å². The number of rotatable bonds is 3. The molecule has 0 fully saturated rings. The lowest BCUT2D eigenvalue weighted by atomic mass is 10.2. The van der Waals surface area contributed by atoms with Crippen molar-refractivity contribution in [1.82, 2.24) is 4.98 Å².